The fraction of sp³-hybridized carbons (Fsp3) is 0.286. The Morgan fingerprint density at radius 3 is 2.00 bits per heavy atom. The third-order valence-corrected chi connectivity index (χ3v) is 1.18. The maximum absolute atomic E-state index is 3.90. The second kappa shape index (κ2) is 4.12. The first-order valence-corrected chi connectivity index (χ1v) is 2.88. The summed E-state index contributed by atoms with van der Waals surface area (Å²) in [6, 6.07) is 3.94. The molecule has 0 fully saturated rings. The van der Waals surface area contributed by atoms with Gasteiger partial charge in [0, 0.05) is 32.2 Å². The van der Waals surface area contributed by atoms with Gasteiger partial charge in [-0.1, -0.05) is 0 Å². The van der Waals surface area contributed by atoms with Crippen LogP contribution in [-0.2, 0) is 0 Å². The zero-order chi connectivity index (χ0) is 6.69. The average Bonchev–Trinajstić information content (AvgIpc) is 1.90. The second-order valence-corrected chi connectivity index (χ2v) is 2.10. The van der Waals surface area contributed by atoms with Gasteiger partial charge in [0.2, 0.25) is 0 Å². The lowest BCUT2D eigenvalue weighted by atomic mass is 10.4. The van der Waals surface area contributed by atoms with Crippen molar-refractivity contribution in [2.45, 2.75) is 0 Å². The number of halogens is 1. The van der Waals surface area contributed by atoms with Crippen LogP contribution in [0, 0.1) is 0 Å². The molecule has 0 radical (unpaired) electrons. The largest absolute Gasteiger partial charge is 0.378 e. The van der Waals surface area contributed by atoms with Gasteiger partial charge < -0.3 is 4.90 Å². The number of nitrogens with zero attached hydrogens (tertiary/aromatic N) is 2. The summed E-state index contributed by atoms with van der Waals surface area (Å²) in [6.45, 7) is 0. The van der Waals surface area contributed by atoms with Gasteiger partial charge in [0.15, 0.2) is 0 Å². The van der Waals surface area contributed by atoms with Crippen LogP contribution in [0.2, 0.25) is 0 Å². The Bertz CT molecular complexity index is 174. The van der Waals surface area contributed by atoms with Gasteiger partial charge in [0.05, 0.1) is 0 Å². The van der Waals surface area contributed by atoms with Crippen LogP contribution in [0.25, 0.3) is 0 Å². The smallest absolute Gasteiger partial charge is 0.0391 e. The highest BCUT2D eigenvalue weighted by molar-refractivity contribution is 5.85. The van der Waals surface area contributed by atoms with Crippen LogP contribution in [0.4, 0.5) is 5.69 Å². The molecule has 0 saturated carbocycles. The molecule has 0 aromatic carbocycles. The fourth-order valence-electron chi connectivity index (χ4n) is 0.642. The topological polar surface area (TPSA) is 16.1 Å². The molecule has 0 bridgehead atoms. The Labute approximate surface area is 67.3 Å². The first-order valence-electron chi connectivity index (χ1n) is 2.88. The summed E-state index contributed by atoms with van der Waals surface area (Å²) in [5.41, 5.74) is 1.19. The maximum Gasteiger partial charge on any atom is 0.0391 e. The quantitative estimate of drug-likeness (QED) is 0.617. The van der Waals surface area contributed by atoms with Gasteiger partial charge in [0.1, 0.15) is 0 Å². The molecular formula is C7H11ClN2. The normalized spacial score (nSPS) is 8.20. The molecule has 1 heterocycles. The Balaban J connectivity index is 0.000000810. The Morgan fingerprint density at radius 1 is 1.20 bits per heavy atom. The molecule has 0 unspecified atom stereocenters. The van der Waals surface area contributed by atoms with Crippen LogP contribution in [0.15, 0.2) is 24.5 Å². The standard InChI is InChI=1S/C7H10N2.ClH/c1-9(2)7-3-5-8-6-4-7;/h3-6H,1-2H3;1H. The lowest BCUT2D eigenvalue weighted by molar-refractivity contribution is 1.12. The second-order valence-electron chi connectivity index (χ2n) is 2.10. The van der Waals surface area contributed by atoms with Crippen LogP contribution >= 0.6 is 12.4 Å². The highest BCUT2D eigenvalue weighted by Gasteiger charge is 1.88. The molecule has 0 atom stereocenters. The summed E-state index contributed by atoms with van der Waals surface area (Å²) < 4.78 is 0. The highest BCUT2D eigenvalue weighted by Crippen LogP contribution is 2.05. The predicted molar refractivity (Wildman–Crippen MR) is 45.8 cm³/mol. The van der Waals surface area contributed by atoms with Crippen molar-refractivity contribution in [2.24, 2.45) is 0 Å². The number of pyridine rings is 1. The summed E-state index contributed by atoms with van der Waals surface area (Å²) in [5.74, 6) is 0. The predicted octanol–water partition coefficient (Wildman–Crippen LogP) is 1.57. The van der Waals surface area contributed by atoms with E-state index in [1.165, 1.54) is 5.69 Å². The van der Waals surface area contributed by atoms with Gasteiger partial charge >= 0.3 is 0 Å². The van der Waals surface area contributed by atoms with Crippen molar-refractivity contribution in [3.05, 3.63) is 24.5 Å². The van der Waals surface area contributed by atoms with Crippen LogP contribution < -0.4 is 4.90 Å². The molecule has 1 rings (SSSR count). The van der Waals surface area contributed by atoms with Crippen molar-refractivity contribution in [1.82, 2.24) is 4.98 Å². The maximum atomic E-state index is 3.90. The van der Waals surface area contributed by atoms with Crippen LogP contribution in [0.3, 0.4) is 0 Å². The van der Waals surface area contributed by atoms with E-state index in [0.29, 0.717) is 0 Å². The Hall–Kier alpha value is -0.760. The zero-order valence-electron chi connectivity index (χ0n) is 6.11. The molecule has 0 spiro atoms. The molecule has 2 nitrogen and oxygen atoms in total. The SMILES string of the molecule is CN(C)c1ccncc1.Cl. The lowest BCUT2D eigenvalue weighted by Crippen LogP contribution is -2.07. The number of hydrogen-bond donors (Lipinski definition) is 0. The summed E-state index contributed by atoms with van der Waals surface area (Å²) in [4.78, 5) is 5.94. The van der Waals surface area contributed by atoms with Gasteiger partial charge in [-0.25, -0.2) is 0 Å². The van der Waals surface area contributed by atoms with Crippen LogP contribution in [0.5, 0.6) is 0 Å². The Morgan fingerprint density at radius 2 is 1.70 bits per heavy atom. The van der Waals surface area contributed by atoms with E-state index in [1.54, 1.807) is 12.4 Å². The van der Waals surface area contributed by atoms with Crippen LogP contribution in [0.1, 0.15) is 0 Å². The average molecular weight is 159 g/mol. The molecule has 0 N–H and O–H groups in total. The molecule has 1 aromatic rings. The van der Waals surface area contributed by atoms with Gasteiger partial charge in [-0.3, -0.25) is 4.98 Å². The molecule has 0 saturated heterocycles. The first kappa shape index (κ1) is 9.24. The van der Waals surface area contributed by atoms with E-state index in [4.69, 9.17) is 0 Å². The summed E-state index contributed by atoms with van der Waals surface area (Å²) in [7, 11) is 4.02. The molecular weight excluding hydrogens is 148 g/mol. The molecule has 3 heteroatoms. The van der Waals surface area contributed by atoms with Crippen molar-refractivity contribution < 1.29 is 0 Å². The molecule has 0 aliphatic carbocycles. The van der Waals surface area contributed by atoms with Crippen LogP contribution in [-0.4, -0.2) is 19.1 Å². The van der Waals surface area contributed by atoms with Crippen molar-refractivity contribution >= 4 is 18.1 Å². The van der Waals surface area contributed by atoms with E-state index >= 15 is 0 Å². The third kappa shape index (κ3) is 2.23. The van der Waals surface area contributed by atoms with E-state index in [2.05, 4.69) is 4.98 Å². The highest BCUT2D eigenvalue weighted by atomic mass is 35.5. The summed E-state index contributed by atoms with van der Waals surface area (Å²) in [6.07, 6.45) is 3.57. The van der Waals surface area contributed by atoms with Gasteiger partial charge in [0.25, 0.3) is 0 Å². The number of anilines is 1. The number of hydrogen-bond acceptors (Lipinski definition) is 2. The van der Waals surface area contributed by atoms with Crippen molar-refractivity contribution in [3.8, 4) is 0 Å². The van der Waals surface area contributed by atoms with Gasteiger partial charge in [-0.05, 0) is 12.1 Å². The molecule has 10 heavy (non-hydrogen) atoms. The van der Waals surface area contributed by atoms with Crippen molar-refractivity contribution in [1.29, 1.82) is 0 Å². The molecule has 0 aliphatic heterocycles. The molecule has 56 valence electrons. The van der Waals surface area contributed by atoms with E-state index < -0.39 is 0 Å². The minimum absolute atomic E-state index is 0. The minimum atomic E-state index is 0. The summed E-state index contributed by atoms with van der Waals surface area (Å²) >= 11 is 0. The lowest BCUT2D eigenvalue weighted by Gasteiger charge is -2.10. The molecule has 1 aromatic heterocycles. The monoisotopic (exact) mass is 158 g/mol. The summed E-state index contributed by atoms with van der Waals surface area (Å²) in [5, 5.41) is 0. The minimum Gasteiger partial charge on any atom is -0.378 e. The third-order valence-electron chi connectivity index (χ3n) is 1.18. The fourth-order valence-corrected chi connectivity index (χ4v) is 0.642. The Kier molecular flexibility index (Phi) is 3.81. The van der Waals surface area contributed by atoms with E-state index in [9.17, 15) is 0 Å². The molecule has 0 amide bonds. The van der Waals surface area contributed by atoms with E-state index in [1.807, 2.05) is 31.1 Å². The number of aromatic nitrogens is 1. The number of rotatable bonds is 1. The zero-order valence-corrected chi connectivity index (χ0v) is 6.93. The van der Waals surface area contributed by atoms with E-state index in [-0.39, 0.29) is 12.4 Å². The molecule has 0 aliphatic rings. The van der Waals surface area contributed by atoms with E-state index in [0.717, 1.165) is 0 Å². The van der Waals surface area contributed by atoms with Crippen molar-refractivity contribution in [3.63, 3.8) is 0 Å². The van der Waals surface area contributed by atoms with Gasteiger partial charge in [-0.2, -0.15) is 0 Å². The first-order chi connectivity index (χ1) is 4.30. The van der Waals surface area contributed by atoms with Gasteiger partial charge in [-0.15, -0.1) is 12.4 Å². The van der Waals surface area contributed by atoms with Crippen molar-refractivity contribution in [2.75, 3.05) is 19.0 Å².